The molecule has 1 aromatic heterocycles. The zero-order valence-electron chi connectivity index (χ0n) is 29.3. The van der Waals surface area contributed by atoms with Gasteiger partial charge in [-0.15, -0.1) is 0 Å². The van der Waals surface area contributed by atoms with E-state index in [9.17, 15) is 0 Å². The number of hydrogen-bond donors (Lipinski definition) is 0. The van der Waals surface area contributed by atoms with Gasteiger partial charge in [0, 0.05) is 33.2 Å². The SMILES string of the molecule is CC1(C)c2cc3c(cc2-c2c(-c4nc(-c5ccccc5)nc(-c5ccccc5)n4)cccc21)Oc1ccccc1C31c2ccccc2-c2ccccc21. The number of aromatic nitrogens is 3. The van der Waals surface area contributed by atoms with Crippen LogP contribution in [0.3, 0.4) is 0 Å². The molecule has 8 aromatic rings. The number of benzene rings is 7. The predicted octanol–water partition coefficient (Wildman–Crippen LogP) is 11.6. The summed E-state index contributed by atoms with van der Waals surface area (Å²) in [5.74, 6) is 3.70. The van der Waals surface area contributed by atoms with E-state index in [1.807, 2.05) is 36.4 Å². The molecule has 1 aliphatic heterocycles. The van der Waals surface area contributed by atoms with Gasteiger partial charge in [0.25, 0.3) is 0 Å². The quantitative estimate of drug-likeness (QED) is 0.186. The van der Waals surface area contributed by atoms with E-state index in [-0.39, 0.29) is 5.41 Å². The van der Waals surface area contributed by atoms with Crippen molar-refractivity contribution in [2.75, 3.05) is 0 Å². The number of ether oxygens (including phenoxy) is 1. The summed E-state index contributed by atoms with van der Waals surface area (Å²) in [6.07, 6.45) is 0. The van der Waals surface area contributed by atoms with Crippen LogP contribution in [0, 0.1) is 0 Å². The lowest BCUT2D eigenvalue weighted by Crippen LogP contribution is -2.32. The second-order valence-electron chi connectivity index (χ2n) is 14.7. The summed E-state index contributed by atoms with van der Waals surface area (Å²) in [4.78, 5) is 15.3. The highest BCUT2D eigenvalue weighted by atomic mass is 16.5. The zero-order valence-corrected chi connectivity index (χ0v) is 29.3. The Labute approximate surface area is 308 Å². The van der Waals surface area contributed by atoms with Crippen LogP contribution in [-0.2, 0) is 10.8 Å². The van der Waals surface area contributed by atoms with Crippen LogP contribution in [0.25, 0.3) is 56.4 Å². The average Bonchev–Trinajstić information content (AvgIpc) is 3.63. The van der Waals surface area contributed by atoms with Crippen molar-refractivity contribution in [2.45, 2.75) is 24.7 Å². The largest absolute Gasteiger partial charge is 0.457 e. The van der Waals surface area contributed by atoms with E-state index < -0.39 is 5.41 Å². The van der Waals surface area contributed by atoms with E-state index in [1.54, 1.807) is 0 Å². The van der Waals surface area contributed by atoms with Crippen LogP contribution in [0.5, 0.6) is 11.5 Å². The summed E-state index contributed by atoms with van der Waals surface area (Å²) in [6, 6.07) is 58.0. The number of nitrogens with zero attached hydrogens (tertiary/aromatic N) is 3. The fraction of sp³-hybridized carbons (Fsp3) is 0.0816. The molecular formula is C49H33N3O. The van der Waals surface area contributed by atoms with Crippen molar-refractivity contribution in [1.29, 1.82) is 0 Å². The van der Waals surface area contributed by atoms with Gasteiger partial charge in [-0.1, -0.05) is 159 Å². The van der Waals surface area contributed by atoms with E-state index in [4.69, 9.17) is 19.7 Å². The zero-order chi connectivity index (χ0) is 35.3. The third-order valence-electron chi connectivity index (χ3n) is 11.6. The maximum Gasteiger partial charge on any atom is 0.164 e. The molecule has 4 nitrogen and oxygen atoms in total. The lowest BCUT2D eigenvalue weighted by molar-refractivity contribution is 0.436. The Balaban J connectivity index is 1.18. The first-order chi connectivity index (χ1) is 26.0. The highest BCUT2D eigenvalue weighted by Gasteiger charge is 2.52. The van der Waals surface area contributed by atoms with Crippen molar-refractivity contribution in [3.05, 3.63) is 197 Å². The Bertz CT molecular complexity index is 2680. The topological polar surface area (TPSA) is 47.9 Å². The van der Waals surface area contributed by atoms with Crippen molar-refractivity contribution in [3.8, 4) is 67.9 Å². The summed E-state index contributed by atoms with van der Waals surface area (Å²) in [5.41, 5.74) is 14.3. The van der Waals surface area contributed by atoms with Gasteiger partial charge in [0.2, 0.25) is 0 Å². The Morgan fingerprint density at radius 3 is 1.53 bits per heavy atom. The van der Waals surface area contributed by atoms with Crippen molar-refractivity contribution >= 4 is 0 Å². The molecule has 0 amide bonds. The third-order valence-corrected chi connectivity index (χ3v) is 11.6. The van der Waals surface area contributed by atoms with Crippen molar-refractivity contribution in [2.24, 2.45) is 0 Å². The van der Waals surface area contributed by atoms with Gasteiger partial charge in [-0.05, 0) is 62.7 Å². The number of para-hydroxylation sites is 1. The smallest absolute Gasteiger partial charge is 0.164 e. The lowest BCUT2D eigenvalue weighted by Gasteiger charge is -2.40. The first kappa shape index (κ1) is 30.0. The van der Waals surface area contributed by atoms with E-state index in [0.29, 0.717) is 17.5 Å². The summed E-state index contributed by atoms with van der Waals surface area (Å²) >= 11 is 0. The van der Waals surface area contributed by atoms with Crippen molar-refractivity contribution in [3.63, 3.8) is 0 Å². The molecule has 1 spiro atoms. The van der Waals surface area contributed by atoms with E-state index >= 15 is 0 Å². The monoisotopic (exact) mass is 679 g/mol. The Hall–Kier alpha value is -6.65. The van der Waals surface area contributed by atoms with E-state index in [0.717, 1.165) is 39.3 Å². The molecule has 0 fully saturated rings. The van der Waals surface area contributed by atoms with Gasteiger partial charge in [0.1, 0.15) is 11.5 Å². The summed E-state index contributed by atoms with van der Waals surface area (Å²) in [7, 11) is 0. The second-order valence-corrected chi connectivity index (χ2v) is 14.7. The minimum absolute atomic E-state index is 0.303. The molecule has 0 saturated heterocycles. The molecule has 0 bridgehead atoms. The minimum Gasteiger partial charge on any atom is -0.457 e. The van der Waals surface area contributed by atoms with Gasteiger partial charge >= 0.3 is 0 Å². The van der Waals surface area contributed by atoms with Crippen LogP contribution in [0.4, 0.5) is 0 Å². The van der Waals surface area contributed by atoms with Crippen LogP contribution < -0.4 is 4.74 Å². The molecule has 53 heavy (non-hydrogen) atoms. The van der Waals surface area contributed by atoms with Gasteiger partial charge in [0.15, 0.2) is 17.5 Å². The highest BCUT2D eigenvalue weighted by Crippen LogP contribution is 2.64. The molecule has 0 atom stereocenters. The predicted molar refractivity (Wildman–Crippen MR) is 211 cm³/mol. The van der Waals surface area contributed by atoms with Crippen molar-refractivity contribution < 1.29 is 4.74 Å². The van der Waals surface area contributed by atoms with Crippen LogP contribution in [0.1, 0.15) is 47.2 Å². The van der Waals surface area contributed by atoms with E-state index in [1.165, 1.54) is 44.5 Å². The fourth-order valence-electron chi connectivity index (χ4n) is 9.25. The summed E-state index contributed by atoms with van der Waals surface area (Å²) in [6.45, 7) is 4.68. The standard InChI is InChI=1S/C49H33N3O/c1-48(2)39-26-15-22-34(47-51-45(30-16-5-3-6-17-30)50-46(52-47)31-18-7-4-8-19-31)44(39)35-28-43-41(29-40(35)48)49(38-25-13-14-27-42(38)53-43)36-23-11-9-20-32(36)33-21-10-12-24-37(33)49/h3-29H,1-2H3. The van der Waals surface area contributed by atoms with Gasteiger partial charge in [-0.3, -0.25) is 0 Å². The molecule has 0 N–H and O–H groups in total. The summed E-state index contributed by atoms with van der Waals surface area (Å²) < 4.78 is 6.96. The fourth-order valence-corrected chi connectivity index (χ4v) is 9.25. The molecule has 250 valence electrons. The number of fused-ring (bicyclic) bond motifs is 12. The Morgan fingerprint density at radius 2 is 0.887 bits per heavy atom. The van der Waals surface area contributed by atoms with E-state index in [2.05, 4.69) is 141 Å². The highest BCUT2D eigenvalue weighted by molar-refractivity contribution is 5.94. The molecule has 0 saturated carbocycles. The van der Waals surface area contributed by atoms with Crippen molar-refractivity contribution in [1.82, 2.24) is 15.0 Å². The third kappa shape index (κ3) is 4.09. The normalized spacial score (nSPS) is 14.7. The molecule has 11 rings (SSSR count). The van der Waals surface area contributed by atoms with Crippen LogP contribution in [0.15, 0.2) is 164 Å². The summed E-state index contributed by atoms with van der Waals surface area (Å²) in [5, 5.41) is 0. The van der Waals surface area contributed by atoms with Crippen LogP contribution in [-0.4, -0.2) is 15.0 Å². The molecule has 2 heterocycles. The molecule has 2 aliphatic carbocycles. The second kappa shape index (κ2) is 10.9. The van der Waals surface area contributed by atoms with Crippen LogP contribution >= 0.6 is 0 Å². The lowest BCUT2D eigenvalue weighted by atomic mass is 9.65. The van der Waals surface area contributed by atoms with Gasteiger partial charge in [0.05, 0.1) is 5.41 Å². The first-order valence-electron chi connectivity index (χ1n) is 18.2. The molecular weight excluding hydrogens is 647 g/mol. The maximum atomic E-state index is 6.96. The molecule has 4 heteroatoms. The molecule has 0 unspecified atom stereocenters. The Morgan fingerprint density at radius 1 is 0.377 bits per heavy atom. The van der Waals surface area contributed by atoms with Gasteiger partial charge < -0.3 is 4.74 Å². The maximum absolute atomic E-state index is 6.96. The first-order valence-corrected chi connectivity index (χ1v) is 18.2. The number of rotatable bonds is 3. The van der Waals surface area contributed by atoms with Gasteiger partial charge in [-0.2, -0.15) is 0 Å². The molecule has 0 radical (unpaired) electrons. The van der Waals surface area contributed by atoms with Gasteiger partial charge in [-0.25, -0.2) is 15.0 Å². The van der Waals surface area contributed by atoms with Crippen LogP contribution in [0.2, 0.25) is 0 Å². The Kier molecular flexibility index (Phi) is 6.19. The minimum atomic E-state index is -0.524. The molecule has 3 aliphatic rings. The molecule has 7 aromatic carbocycles. The average molecular weight is 680 g/mol. The number of hydrogen-bond acceptors (Lipinski definition) is 4.